The first-order chi connectivity index (χ1) is 15.1. The summed E-state index contributed by atoms with van der Waals surface area (Å²) >= 11 is 0. The number of fused-ring (bicyclic) bond motifs is 5. The molecule has 1 saturated heterocycles. The molecule has 0 radical (unpaired) electrons. The molecule has 8 atom stereocenters. The molecule has 3 aliphatic carbocycles. The van der Waals surface area contributed by atoms with E-state index >= 15 is 0 Å². The highest BCUT2D eigenvalue weighted by molar-refractivity contribution is 5.79. The van der Waals surface area contributed by atoms with Gasteiger partial charge in [0, 0.05) is 17.5 Å². The maximum Gasteiger partial charge on any atom is 0.303 e. The molecule has 1 unspecified atom stereocenters. The second-order valence-electron chi connectivity index (χ2n) is 12.6. The number of nitrogens with one attached hydrogen (secondary N) is 1. The molecule has 180 valence electrons. The number of allylic oxidation sites excluding steroid dienone is 2. The number of carboxylic acid groups (broad SMARTS) is 1. The molecule has 2 N–H and O–H groups in total. The van der Waals surface area contributed by atoms with E-state index in [1.165, 1.54) is 44.9 Å². The number of carbonyl (C=O) groups is 2. The van der Waals surface area contributed by atoms with Crippen molar-refractivity contribution in [3.63, 3.8) is 0 Å². The summed E-state index contributed by atoms with van der Waals surface area (Å²) in [5.74, 6) is 3.24. The van der Waals surface area contributed by atoms with Crippen molar-refractivity contribution in [2.45, 2.75) is 98.8 Å². The van der Waals surface area contributed by atoms with Crippen LogP contribution in [-0.2, 0) is 9.59 Å². The lowest BCUT2D eigenvalue weighted by Gasteiger charge is -2.59. The van der Waals surface area contributed by atoms with Crippen LogP contribution in [0.25, 0.3) is 0 Å². The average Bonchev–Trinajstić information content (AvgIpc) is 3.05. The quantitative estimate of drug-likeness (QED) is 0.477. The number of carboxylic acids is 1. The van der Waals surface area contributed by atoms with Crippen LogP contribution in [0.15, 0.2) is 11.8 Å². The van der Waals surface area contributed by atoms with Gasteiger partial charge in [0.25, 0.3) is 0 Å². The van der Waals surface area contributed by atoms with Crippen molar-refractivity contribution in [1.82, 2.24) is 5.32 Å². The number of hydrogen-bond acceptors (Lipinski definition) is 2. The zero-order valence-electron chi connectivity index (χ0n) is 21.0. The van der Waals surface area contributed by atoms with Crippen molar-refractivity contribution in [2.75, 3.05) is 0 Å². The number of aliphatic carboxylic acids is 1. The number of hydrogen-bond donors (Lipinski definition) is 2. The van der Waals surface area contributed by atoms with Crippen LogP contribution >= 0.6 is 0 Å². The van der Waals surface area contributed by atoms with Gasteiger partial charge in [-0.2, -0.15) is 0 Å². The van der Waals surface area contributed by atoms with Crippen LogP contribution in [0.1, 0.15) is 98.8 Å². The topological polar surface area (TPSA) is 66.4 Å². The molecule has 4 rings (SSSR count). The summed E-state index contributed by atoms with van der Waals surface area (Å²) in [7, 11) is 0. The Labute approximate surface area is 195 Å². The van der Waals surface area contributed by atoms with Gasteiger partial charge in [-0.15, -0.1) is 0 Å². The van der Waals surface area contributed by atoms with Gasteiger partial charge in [0.2, 0.25) is 5.91 Å². The van der Waals surface area contributed by atoms with E-state index in [0.29, 0.717) is 29.6 Å². The number of piperidine rings is 1. The average molecular weight is 444 g/mol. The van der Waals surface area contributed by atoms with E-state index in [2.05, 4.69) is 46.0 Å². The maximum atomic E-state index is 12.2. The minimum absolute atomic E-state index is 0.00409. The molecule has 3 fully saturated rings. The summed E-state index contributed by atoms with van der Waals surface area (Å²) in [6.07, 6.45) is 12.8. The summed E-state index contributed by atoms with van der Waals surface area (Å²) in [5, 5.41) is 12.9. The maximum absolute atomic E-state index is 12.2. The predicted octanol–water partition coefficient (Wildman–Crippen LogP) is 6.41. The summed E-state index contributed by atoms with van der Waals surface area (Å²) < 4.78 is 0. The highest BCUT2D eigenvalue weighted by atomic mass is 16.4. The van der Waals surface area contributed by atoms with Crippen LogP contribution in [0.2, 0.25) is 0 Å². The van der Waals surface area contributed by atoms with Crippen LogP contribution in [0.4, 0.5) is 0 Å². The number of carbonyl (C=O) groups excluding carboxylic acids is 1. The van der Waals surface area contributed by atoms with Gasteiger partial charge in [0.1, 0.15) is 0 Å². The SMILES string of the molecule is CC(C)CCC[C@@H](C)[C@H]1CC[C@H]2[C@@H]3C(CC(=O)O)C=C4NC(=O)CC[C@]4(C)[C@H]3CC[C@]12C. The molecule has 4 heteroatoms. The largest absolute Gasteiger partial charge is 0.481 e. The van der Waals surface area contributed by atoms with Crippen LogP contribution in [0.3, 0.4) is 0 Å². The predicted molar refractivity (Wildman–Crippen MR) is 128 cm³/mol. The Morgan fingerprint density at radius 2 is 1.88 bits per heavy atom. The fraction of sp³-hybridized carbons (Fsp3) is 0.857. The highest BCUT2D eigenvalue weighted by Gasteiger charge is 2.61. The third-order valence-corrected chi connectivity index (χ3v) is 10.4. The summed E-state index contributed by atoms with van der Waals surface area (Å²) in [6, 6.07) is 0. The Kier molecular flexibility index (Phi) is 6.55. The van der Waals surface area contributed by atoms with Crippen molar-refractivity contribution in [2.24, 2.45) is 52.3 Å². The van der Waals surface area contributed by atoms with E-state index in [-0.39, 0.29) is 23.7 Å². The van der Waals surface area contributed by atoms with E-state index in [1.807, 2.05) is 0 Å². The van der Waals surface area contributed by atoms with Gasteiger partial charge in [-0.05, 0) is 78.9 Å². The minimum Gasteiger partial charge on any atom is -0.481 e. The Hall–Kier alpha value is -1.32. The Balaban J connectivity index is 1.61. The van der Waals surface area contributed by atoms with Gasteiger partial charge in [0.05, 0.1) is 6.42 Å². The Bertz CT molecular complexity index is 773. The van der Waals surface area contributed by atoms with Gasteiger partial charge in [0.15, 0.2) is 0 Å². The van der Waals surface area contributed by atoms with Crippen LogP contribution in [-0.4, -0.2) is 17.0 Å². The normalized spacial score (nSPS) is 41.9. The van der Waals surface area contributed by atoms with E-state index in [4.69, 9.17) is 0 Å². The molecule has 0 bridgehead atoms. The second kappa shape index (κ2) is 8.80. The Morgan fingerprint density at radius 3 is 2.56 bits per heavy atom. The molecule has 1 aliphatic heterocycles. The van der Waals surface area contributed by atoms with Crippen molar-refractivity contribution >= 4 is 11.9 Å². The van der Waals surface area contributed by atoms with E-state index < -0.39 is 5.97 Å². The first-order valence-corrected chi connectivity index (χ1v) is 13.3. The first kappa shape index (κ1) is 23.8. The first-order valence-electron chi connectivity index (χ1n) is 13.3. The molecule has 1 amide bonds. The molecule has 1 heterocycles. The fourth-order valence-corrected chi connectivity index (χ4v) is 8.76. The monoisotopic (exact) mass is 443 g/mol. The smallest absolute Gasteiger partial charge is 0.303 e. The summed E-state index contributed by atoms with van der Waals surface area (Å²) in [6.45, 7) is 12.0. The number of amides is 1. The van der Waals surface area contributed by atoms with Gasteiger partial charge in [-0.3, -0.25) is 9.59 Å². The van der Waals surface area contributed by atoms with E-state index in [9.17, 15) is 14.7 Å². The molecule has 4 nitrogen and oxygen atoms in total. The third kappa shape index (κ3) is 4.05. The highest BCUT2D eigenvalue weighted by Crippen LogP contribution is 2.67. The zero-order chi connectivity index (χ0) is 23.3. The van der Waals surface area contributed by atoms with Crippen LogP contribution in [0, 0.1) is 52.3 Å². The van der Waals surface area contributed by atoms with Crippen molar-refractivity contribution in [1.29, 1.82) is 0 Å². The van der Waals surface area contributed by atoms with Crippen molar-refractivity contribution in [3.8, 4) is 0 Å². The van der Waals surface area contributed by atoms with Crippen molar-refractivity contribution < 1.29 is 14.7 Å². The van der Waals surface area contributed by atoms with Gasteiger partial charge >= 0.3 is 5.97 Å². The molecular weight excluding hydrogens is 398 g/mol. The minimum atomic E-state index is -0.708. The van der Waals surface area contributed by atoms with E-state index in [0.717, 1.165) is 29.9 Å². The van der Waals surface area contributed by atoms with Crippen molar-refractivity contribution in [3.05, 3.63) is 11.8 Å². The zero-order valence-corrected chi connectivity index (χ0v) is 21.0. The molecule has 0 aromatic carbocycles. The van der Waals surface area contributed by atoms with Crippen LogP contribution in [0.5, 0.6) is 0 Å². The molecule has 32 heavy (non-hydrogen) atoms. The lowest BCUT2D eigenvalue weighted by Crippen LogP contribution is -2.56. The standard InChI is InChI=1S/C28H45NO3/c1-17(2)7-6-8-18(3)20-9-10-21-26-19(16-25(31)32)15-23-28(5,14-12-24(30)29-23)22(26)11-13-27(20,21)4/h15,17-22,26H,6-14,16H2,1-5H3,(H,29,30)(H,31,32)/t18-,19?,20-,21+,22+,26+,27-,28-/m1/s1. The molecular formula is C28H45NO3. The Morgan fingerprint density at radius 1 is 1.12 bits per heavy atom. The van der Waals surface area contributed by atoms with Gasteiger partial charge in [-0.25, -0.2) is 0 Å². The fourth-order valence-electron chi connectivity index (χ4n) is 8.76. The second-order valence-corrected chi connectivity index (χ2v) is 12.6. The molecule has 0 aromatic rings. The summed E-state index contributed by atoms with van der Waals surface area (Å²) in [4.78, 5) is 24.0. The molecule has 0 spiro atoms. The number of rotatable bonds is 7. The third-order valence-electron chi connectivity index (χ3n) is 10.4. The molecule has 0 aromatic heterocycles. The lowest BCUT2D eigenvalue weighted by molar-refractivity contribution is -0.140. The summed E-state index contributed by atoms with van der Waals surface area (Å²) in [5.41, 5.74) is 1.35. The lowest BCUT2D eigenvalue weighted by atomic mass is 9.46. The molecule has 2 saturated carbocycles. The molecule has 4 aliphatic rings. The van der Waals surface area contributed by atoms with E-state index in [1.54, 1.807) is 0 Å². The van der Waals surface area contributed by atoms with Gasteiger partial charge in [-0.1, -0.05) is 60.0 Å². The van der Waals surface area contributed by atoms with Gasteiger partial charge < -0.3 is 10.4 Å². The van der Waals surface area contributed by atoms with Crippen LogP contribution < -0.4 is 5.32 Å².